The number of carbonyl (C=O) groups is 2. The molecule has 1 aliphatic heterocycles. The molecule has 6 nitrogen and oxygen atoms in total. The summed E-state index contributed by atoms with van der Waals surface area (Å²) in [5, 5.41) is 12.3. The molecule has 3 aromatic rings. The number of hydrogen-bond acceptors (Lipinski definition) is 5. The van der Waals surface area contributed by atoms with Crippen LogP contribution in [0.4, 0.5) is 10.8 Å². The summed E-state index contributed by atoms with van der Waals surface area (Å²) in [6, 6.07) is 15.0. The van der Waals surface area contributed by atoms with E-state index in [1.54, 1.807) is 17.0 Å². The normalized spacial score (nSPS) is 16.4. The molecule has 1 atom stereocenters. The second-order valence-electron chi connectivity index (χ2n) is 6.57. The fourth-order valence-electron chi connectivity index (χ4n) is 3.23. The van der Waals surface area contributed by atoms with Gasteiger partial charge in [-0.15, -0.1) is 10.2 Å². The van der Waals surface area contributed by atoms with Gasteiger partial charge in [0.15, 0.2) is 0 Å². The highest BCUT2D eigenvalue weighted by molar-refractivity contribution is 9.10. The van der Waals surface area contributed by atoms with Gasteiger partial charge in [0.2, 0.25) is 11.0 Å². The van der Waals surface area contributed by atoms with Crippen LogP contribution in [0, 0.1) is 6.92 Å². The lowest BCUT2D eigenvalue weighted by Crippen LogP contribution is -2.25. The van der Waals surface area contributed by atoms with Crippen molar-refractivity contribution in [1.29, 1.82) is 0 Å². The Kier molecular flexibility index (Phi) is 5.23. The molecule has 0 aliphatic carbocycles. The molecule has 1 fully saturated rings. The SMILES string of the molecule is Cc1ccccc1N1C[C@H](c2nnc(NC(=O)c3ccccc3Br)s2)CC1=O. The van der Waals surface area contributed by atoms with Crippen LogP contribution in [0.1, 0.15) is 33.3 Å². The lowest BCUT2D eigenvalue weighted by Gasteiger charge is -2.18. The second kappa shape index (κ2) is 7.81. The van der Waals surface area contributed by atoms with E-state index in [1.807, 2.05) is 43.3 Å². The summed E-state index contributed by atoms with van der Waals surface area (Å²) in [5.74, 6) is -0.203. The number of nitrogens with one attached hydrogen (secondary N) is 1. The lowest BCUT2D eigenvalue weighted by atomic mass is 10.1. The van der Waals surface area contributed by atoms with Crippen LogP contribution in [0.25, 0.3) is 0 Å². The number of anilines is 2. The Morgan fingerprint density at radius 1 is 1.18 bits per heavy atom. The third kappa shape index (κ3) is 3.70. The van der Waals surface area contributed by atoms with E-state index < -0.39 is 0 Å². The first-order valence-corrected chi connectivity index (χ1v) is 10.4. The molecule has 1 saturated heterocycles. The maximum atomic E-state index is 12.5. The highest BCUT2D eigenvalue weighted by atomic mass is 79.9. The smallest absolute Gasteiger partial charge is 0.258 e. The molecule has 1 N–H and O–H groups in total. The number of halogens is 1. The van der Waals surface area contributed by atoms with Crippen LogP contribution >= 0.6 is 27.3 Å². The Hall–Kier alpha value is -2.58. The average Bonchev–Trinajstić information content (AvgIpc) is 3.29. The minimum absolute atomic E-state index is 0.0290. The number of aryl methyl sites for hydroxylation is 1. The molecule has 2 aromatic carbocycles. The summed E-state index contributed by atoms with van der Waals surface area (Å²) >= 11 is 4.69. The first-order valence-electron chi connectivity index (χ1n) is 8.78. The van der Waals surface area contributed by atoms with Crippen LogP contribution in [0.15, 0.2) is 53.0 Å². The molecule has 0 radical (unpaired) electrons. The first kappa shape index (κ1) is 18.8. The van der Waals surface area contributed by atoms with Crippen LogP contribution in [0.3, 0.4) is 0 Å². The molecule has 1 aromatic heterocycles. The van der Waals surface area contributed by atoms with Crippen molar-refractivity contribution in [2.45, 2.75) is 19.3 Å². The summed E-state index contributed by atoms with van der Waals surface area (Å²) in [4.78, 5) is 26.8. The van der Waals surface area contributed by atoms with Gasteiger partial charge in [-0.25, -0.2) is 0 Å². The van der Waals surface area contributed by atoms with Crippen molar-refractivity contribution >= 4 is 49.9 Å². The van der Waals surface area contributed by atoms with Crippen molar-refractivity contribution < 1.29 is 9.59 Å². The van der Waals surface area contributed by atoms with Crippen molar-refractivity contribution in [3.05, 3.63) is 69.1 Å². The van der Waals surface area contributed by atoms with Crippen LogP contribution in [0.5, 0.6) is 0 Å². The fraction of sp³-hybridized carbons (Fsp3) is 0.200. The zero-order valence-electron chi connectivity index (χ0n) is 15.1. The molecular weight excluding hydrogens is 440 g/mol. The number of rotatable bonds is 4. The number of hydrogen-bond donors (Lipinski definition) is 1. The topological polar surface area (TPSA) is 75.2 Å². The summed E-state index contributed by atoms with van der Waals surface area (Å²) in [7, 11) is 0. The van der Waals surface area contributed by atoms with Gasteiger partial charge < -0.3 is 4.90 Å². The summed E-state index contributed by atoms with van der Waals surface area (Å²) in [6.45, 7) is 2.56. The quantitative estimate of drug-likeness (QED) is 0.631. The molecule has 8 heteroatoms. The minimum Gasteiger partial charge on any atom is -0.311 e. The molecular formula is C20H17BrN4O2S. The predicted octanol–water partition coefficient (Wildman–Crippen LogP) is 4.38. The van der Waals surface area contributed by atoms with Crippen LogP contribution < -0.4 is 10.2 Å². The van der Waals surface area contributed by atoms with E-state index in [2.05, 4.69) is 31.4 Å². The predicted molar refractivity (Wildman–Crippen MR) is 113 cm³/mol. The van der Waals surface area contributed by atoms with Gasteiger partial charge >= 0.3 is 0 Å². The maximum absolute atomic E-state index is 12.5. The highest BCUT2D eigenvalue weighted by Crippen LogP contribution is 2.35. The highest BCUT2D eigenvalue weighted by Gasteiger charge is 2.34. The molecule has 0 bridgehead atoms. The largest absolute Gasteiger partial charge is 0.311 e. The van der Waals surface area contributed by atoms with Gasteiger partial charge in [-0.1, -0.05) is 41.7 Å². The van der Waals surface area contributed by atoms with E-state index in [4.69, 9.17) is 0 Å². The molecule has 28 heavy (non-hydrogen) atoms. The third-order valence-electron chi connectivity index (χ3n) is 4.66. The van der Waals surface area contributed by atoms with Crippen molar-refractivity contribution in [3.8, 4) is 0 Å². The maximum Gasteiger partial charge on any atom is 0.258 e. The van der Waals surface area contributed by atoms with Crippen LogP contribution in [-0.2, 0) is 4.79 Å². The Morgan fingerprint density at radius 2 is 1.93 bits per heavy atom. The Morgan fingerprint density at radius 3 is 2.71 bits per heavy atom. The molecule has 2 amide bonds. The number of para-hydroxylation sites is 1. The third-order valence-corrected chi connectivity index (χ3v) is 6.35. The van der Waals surface area contributed by atoms with E-state index in [1.165, 1.54) is 11.3 Å². The van der Waals surface area contributed by atoms with Gasteiger partial charge in [-0.05, 0) is 46.6 Å². The standard InChI is InChI=1S/C20H17BrN4O2S/c1-12-6-2-5-9-16(12)25-11-13(10-17(25)26)19-23-24-20(28-19)22-18(27)14-7-3-4-8-15(14)21/h2-9,13H,10-11H2,1H3,(H,22,24,27)/t13-/m1/s1. The first-order chi connectivity index (χ1) is 13.5. The lowest BCUT2D eigenvalue weighted by molar-refractivity contribution is -0.117. The molecule has 0 spiro atoms. The summed E-state index contributed by atoms with van der Waals surface area (Å²) in [6.07, 6.45) is 0.390. The molecule has 0 saturated carbocycles. The average molecular weight is 457 g/mol. The number of nitrogens with zero attached hydrogens (tertiary/aromatic N) is 3. The van der Waals surface area contributed by atoms with Crippen LogP contribution in [0.2, 0.25) is 0 Å². The van der Waals surface area contributed by atoms with Gasteiger partial charge in [-0.2, -0.15) is 0 Å². The zero-order chi connectivity index (χ0) is 19.7. The van der Waals surface area contributed by atoms with Gasteiger partial charge in [-0.3, -0.25) is 14.9 Å². The van der Waals surface area contributed by atoms with Crippen LogP contribution in [-0.4, -0.2) is 28.6 Å². The zero-order valence-corrected chi connectivity index (χ0v) is 17.5. The number of amides is 2. The van der Waals surface area contributed by atoms with Crippen molar-refractivity contribution in [1.82, 2.24) is 10.2 Å². The Labute approximate surface area is 174 Å². The molecule has 4 rings (SSSR count). The summed E-state index contributed by atoms with van der Waals surface area (Å²) in [5.41, 5.74) is 2.53. The minimum atomic E-state index is -0.251. The monoisotopic (exact) mass is 456 g/mol. The summed E-state index contributed by atoms with van der Waals surface area (Å²) < 4.78 is 0.715. The van der Waals surface area contributed by atoms with E-state index in [0.29, 0.717) is 28.1 Å². The number of benzene rings is 2. The van der Waals surface area contributed by atoms with E-state index in [9.17, 15) is 9.59 Å². The van der Waals surface area contributed by atoms with Gasteiger partial charge in [0.05, 0.1) is 5.56 Å². The molecule has 1 aliphatic rings. The number of aromatic nitrogens is 2. The Balaban J connectivity index is 1.48. The fourth-order valence-corrected chi connectivity index (χ4v) is 4.53. The Bertz CT molecular complexity index is 1050. The van der Waals surface area contributed by atoms with Gasteiger partial charge in [0.1, 0.15) is 5.01 Å². The molecule has 142 valence electrons. The van der Waals surface area contributed by atoms with E-state index >= 15 is 0 Å². The molecule has 0 unspecified atom stereocenters. The second-order valence-corrected chi connectivity index (χ2v) is 8.43. The van der Waals surface area contributed by atoms with Crippen molar-refractivity contribution in [2.24, 2.45) is 0 Å². The number of carbonyl (C=O) groups excluding carboxylic acids is 2. The van der Waals surface area contributed by atoms with Gasteiger partial charge in [0.25, 0.3) is 5.91 Å². The van der Waals surface area contributed by atoms with Crippen molar-refractivity contribution in [3.63, 3.8) is 0 Å². The van der Waals surface area contributed by atoms with Crippen molar-refractivity contribution in [2.75, 3.05) is 16.8 Å². The van der Waals surface area contributed by atoms with E-state index in [0.717, 1.165) is 16.3 Å². The molecule has 2 heterocycles. The van der Waals surface area contributed by atoms with Gasteiger partial charge in [0, 0.05) is 29.0 Å². The van der Waals surface area contributed by atoms with E-state index in [-0.39, 0.29) is 17.7 Å².